The summed E-state index contributed by atoms with van der Waals surface area (Å²) in [5, 5.41) is 9.69. The summed E-state index contributed by atoms with van der Waals surface area (Å²) in [5.41, 5.74) is 4.27. The molecule has 0 radical (unpaired) electrons. The van der Waals surface area contributed by atoms with Gasteiger partial charge >= 0.3 is 0 Å². The average Bonchev–Trinajstić information content (AvgIpc) is 2.68. The van der Waals surface area contributed by atoms with E-state index in [0.717, 1.165) is 22.4 Å². The molecule has 0 N–H and O–H groups in total. The first-order chi connectivity index (χ1) is 12.6. The number of nitriles is 1. The van der Waals surface area contributed by atoms with Crippen molar-refractivity contribution in [1.29, 1.82) is 5.26 Å². The first-order valence-corrected chi connectivity index (χ1v) is 9.29. The first kappa shape index (κ1) is 18.0. The number of thioether (sulfide) groups is 1. The summed E-state index contributed by atoms with van der Waals surface area (Å²) in [6, 6.07) is 19.6. The van der Waals surface area contributed by atoms with Crippen LogP contribution in [0.3, 0.4) is 0 Å². The lowest BCUT2D eigenvalue weighted by Crippen LogP contribution is -2.25. The maximum Gasteiger partial charge on any atom is 0.257 e. The van der Waals surface area contributed by atoms with Crippen molar-refractivity contribution in [2.75, 3.05) is 0 Å². The van der Waals surface area contributed by atoms with Crippen LogP contribution in [0.5, 0.6) is 0 Å². The molecule has 0 aliphatic rings. The first-order valence-electron chi connectivity index (χ1n) is 8.30. The molecular weight excluding hydrogens is 342 g/mol. The molecule has 0 unspecified atom stereocenters. The smallest absolute Gasteiger partial charge is 0.257 e. The van der Waals surface area contributed by atoms with Gasteiger partial charge in [-0.2, -0.15) is 5.26 Å². The molecular formula is C21H19N3OS. The van der Waals surface area contributed by atoms with E-state index in [1.807, 2.05) is 55.5 Å². The summed E-state index contributed by atoms with van der Waals surface area (Å²) in [6.07, 6.45) is 0.585. The second kappa shape index (κ2) is 8.03. The number of rotatable bonds is 5. The Bertz CT molecular complexity index is 1020. The third-order valence-electron chi connectivity index (χ3n) is 4.20. The third-order valence-corrected chi connectivity index (χ3v) is 5.30. The van der Waals surface area contributed by atoms with Crippen LogP contribution in [-0.2, 0) is 19.2 Å². The fourth-order valence-electron chi connectivity index (χ4n) is 2.74. The van der Waals surface area contributed by atoms with Crippen LogP contribution in [0, 0.1) is 18.3 Å². The molecule has 0 spiro atoms. The Kier molecular flexibility index (Phi) is 5.55. The van der Waals surface area contributed by atoms with Gasteiger partial charge in [-0.15, -0.1) is 0 Å². The Labute approximate surface area is 157 Å². The minimum absolute atomic E-state index is 0.00497. The Balaban J connectivity index is 1.83. The van der Waals surface area contributed by atoms with Gasteiger partial charge < -0.3 is 0 Å². The molecule has 3 aromatic rings. The molecule has 0 bridgehead atoms. The van der Waals surface area contributed by atoms with Gasteiger partial charge in [-0.05, 0) is 30.2 Å². The lowest BCUT2D eigenvalue weighted by atomic mass is 10.1. The van der Waals surface area contributed by atoms with Crippen LogP contribution in [0.15, 0.2) is 64.5 Å². The number of aryl methyl sites for hydroxylation is 1. The fourth-order valence-corrected chi connectivity index (χ4v) is 3.69. The molecule has 0 amide bonds. The van der Waals surface area contributed by atoms with Crippen LogP contribution in [-0.4, -0.2) is 9.55 Å². The van der Waals surface area contributed by atoms with Gasteiger partial charge in [-0.1, -0.05) is 54.2 Å². The summed E-state index contributed by atoms with van der Waals surface area (Å²) in [5.74, 6) is 0.660. The van der Waals surface area contributed by atoms with E-state index in [0.29, 0.717) is 22.9 Å². The predicted molar refractivity (Wildman–Crippen MR) is 104 cm³/mol. The van der Waals surface area contributed by atoms with Crippen molar-refractivity contribution in [3.8, 4) is 6.07 Å². The quantitative estimate of drug-likeness (QED) is 0.512. The Morgan fingerprint density at radius 2 is 1.85 bits per heavy atom. The Hall–Kier alpha value is -2.84. The maximum atomic E-state index is 12.8. The van der Waals surface area contributed by atoms with Crippen LogP contribution in [0.4, 0.5) is 0 Å². The van der Waals surface area contributed by atoms with Crippen LogP contribution >= 0.6 is 11.8 Å². The second-order valence-corrected chi connectivity index (χ2v) is 7.03. The van der Waals surface area contributed by atoms with Gasteiger partial charge in [0.25, 0.3) is 5.56 Å². The molecule has 0 aliphatic carbocycles. The van der Waals surface area contributed by atoms with Gasteiger partial charge in [0.1, 0.15) is 0 Å². The number of nitrogens with zero attached hydrogens (tertiary/aromatic N) is 3. The van der Waals surface area contributed by atoms with E-state index < -0.39 is 0 Å². The third kappa shape index (κ3) is 4.04. The molecule has 0 aliphatic heterocycles. The summed E-state index contributed by atoms with van der Waals surface area (Å²) in [6.45, 7) is 1.89. The van der Waals surface area contributed by atoms with E-state index in [4.69, 9.17) is 5.26 Å². The molecule has 130 valence electrons. The molecule has 0 saturated heterocycles. The summed E-state index contributed by atoms with van der Waals surface area (Å²) >= 11 is 1.51. The number of benzene rings is 2. The molecule has 0 atom stereocenters. The fraction of sp³-hybridized carbons (Fsp3) is 0.190. The Morgan fingerprint density at radius 3 is 2.58 bits per heavy atom. The highest BCUT2D eigenvalue weighted by Gasteiger charge is 2.13. The minimum Gasteiger partial charge on any atom is -0.291 e. The topological polar surface area (TPSA) is 58.7 Å². The lowest BCUT2D eigenvalue weighted by Gasteiger charge is -2.12. The predicted octanol–water partition coefficient (Wildman–Crippen LogP) is 3.84. The van der Waals surface area contributed by atoms with Gasteiger partial charge in [0.2, 0.25) is 0 Å². The van der Waals surface area contributed by atoms with E-state index >= 15 is 0 Å². The van der Waals surface area contributed by atoms with Crippen molar-refractivity contribution in [3.05, 3.63) is 92.9 Å². The Morgan fingerprint density at radius 1 is 1.12 bits per heavy atom. The zero-order valence-electron chi connectivity index (χ0n) is 14.8. The van der Waals surface area contributed by atoms with Crippen LogP contribution < -0.4 is 5.56 Å². The molecule has 4 nitrogen and oxygen atoms in total. The van der Waals surface area contributed by atoms with Gasteiger partial charge in [0, 0.05) is 30.5 Å². The van der Waals surface area contributed by atoms with Gasteiger partial charge in [0.15, 0.2) is 5.16 Å². The summed E-state index contributed by atoms with van der Waals surface area (Å²) in [7, 11) is 1.76. The van der Waals surface area contributed by atoms with E-state index in [1.54, 1.807) is 17.7 Å². The molecule has 1 aromatic heterocycles. The van der Waals surface area contributed by atoms with E-state index in [1.165, 1.54) is 11.8 Å². The molecule has 0 fully saturated rings. The van der Waals surface area contributed by atoms with E-state index in [-0.39, 0.29) is 5.56 Å². The van der Waals surface area contributed by atoms with E-state index in [9.17, 15) is 4.79 Å². The van der Waals surface area contributed by atoms with Crippen molar-refractivity contribution in [2.45, 2.75) is 24.3 Å². The highest BCUT2D eigenvalue weighted by atomic mass is 32.2. The molecule has 2 aromatic carbocycles. The van der Waals surface area contributed by atoms with Crippen molar-refractivity contribution in [1.82, 2.24) is 9.55 Å². The number of hydrogen-bond acceptors (Lipinski definition) is 4. The molecule has 1 heterocycles. The SMILES string of the molecule is Cc1nc(SCc2cccc(C#N)c2)n(C)c(=O)c1Cc1ccccc1. The van der Waals surface area contributed by atoms with Crippen LogP contribution in [0.25, 0.3) is 0 Å². The normalized spacial score (nSPS) is 10.5. The second-order valence-electron chi connectivity index (χ2n) is 6.09. The standard InChI is InChI=1S/C21H19N3OS/c1-15-19(12-16-7-4-3-5-8-16)20(25)24(2)21(23-15)26-14-18-10-6-9-17(11-18)13-22/h3-11H,12,14H2,1-2H3. The van der Waals surface area contributed by atoms with E-state index in [2.05, 4.69) is 11.1 Å². The van der Waals surface area contributed by atoms with Gasteiger partial charge in [-0.3, -0.25) is 9.36 Å². The largest absolute Gasteiger partial charge is 0.291 e. The van der Waals surface area contributed by atoms with Crippen LogP contribution in [0.1, 0.15) is 27.9 Å². The number of aromatic nitrogens is 2. The van der Waals surface area contributed by atoms with Crippen molar-refractivity contribution >= 4 is 11.8 Å². The monoisotopic (exact) mass is 361 g/mol. The highest BCUT2D eigenvalue weighted by molar-refractivity contribution is 7.98. The highest BCUT2D eigenvalue weighted by Crippen LogP contribution is 2.21. The van der Waals surface area contributed by atoms with Crippen molar-refractivity contribution in [2.24, 2.45) is 7.05 Å². The van der Waals surface area contributed by atoms with Crippen molar-refractivity contribution < 1.29 is 0 Å². The lowest BCUT2D eigenvalue weighted by molar-refractivity contribution is 0.683. The molecule has 5 heteroatoms. The summed E-state index contributed by atoms with van der Waals surface area (Å²) < 4.78 is 1.62. The molecule has 0 saturated carbocycles. The average molecular weight is 361 g/mol. The zero-order valence-corrected chi connectivity index (χ0v) is 15.6. The molecule has 26 heavy (non-hydrogen) atoms. The molecule has 3 rings (SSSR count). The summed E-state index contributed by atoms with van der Waals surface area (Å²) in [4.78, 5) is 17.4. The zero-order chi connectivity index (χ0) is 18.5. The number of hydrogen-bond donors (Lipinski definition) is 0. The van der Waals surface area contributed by atoms with Gasteiger partial charge in [-0.25, -0.2) is 4.98 Å². The van der Waals surface area contributed by atoms with Crippen molar-refractivity contribution in [3.63, 3.8) is 0 Å². The van der Waals surface area contributed by atoms with Gasteiger partial charge in [0.05, 0.1) is 11.6 Å². The maximum absolute atomic E-state index is 12.8. The minimum atomic E-state index is -0.00497. The van der Waals surface area contributed by atoms with Crippen LogP contribution in [0.2, 0.25) is 0 Å².